The standard InChI is InChI=1S/C19H28N2O2/c1-19(2,3)23-18(22)21-12-14(13-21)8-10-16-11-9-15-6-4-5-7-17(15)20-16/h9,11,14H,4-8,10,12-13H2,1-3H3. The topological polar surface area (TPSA) is 42.4 Å². The number of carbonyl (C=O) groups is 1. The van der Waals surface area contributed by atoms with Crippen LogP contribution in [0.25, 0.3) is 0 Å². The Morgan fingerprint density at radius 1 is 1.26 bits per heavy atom. The van der Waals surface area contributed by atoms with Gasteiger partial charge in [0.2, 0.25) is 0 Å². The molecule has 0 N–H and O–H groups in total. The van der Waals surface area contributed by atoms with Crippen molar-refractivity contribution in [1.82, 2.24) is 9.88 Å². The molecule has 0 aromatic carbocycles. The fraction of sp³-hybridized carbons (Fsp3) is 0.684. The number of aromatic nitrogens is 1. The molecule has 1 aromatic heterocycles. The molecule has 4 heteroatoms. The lowest BCUT2D eigenvalue weighted by Gasteiger charge is -2.39. The van der Waals surface area contributed by atoms with Gasteiger partial charge < -0.3 is 9.64 Å². The zero-order valence-electron chi connectivity index (χ0n) is 14.6. The first-order chi connectivity index (χ1) is 10.9. The number of amides is 1. The lowest BCUT2D eigenvalue weighted by Crippen LogP contribution is -2.51. The summed E-state index contributed by atoms with van der Waals surface area (Å²) in [7, 11) is 0. The molecule has 2 heterocycles. The number of carbonyl (C=O) groups excluding carboxylic acids is 1. The predicted molar refractivity (Wildman–Crippen MR) is 90.5 cm³/mol. The maximum Gasteiger partial charge on any atom is 0.410 e. The van der Waals surface area contributed by atoms with Gasteiger partial charge in [0.05, 0.1) is 0 Å². The second-order valence-corrected chi connectivity index (χ2v) is 7.91. The summed E-state index contributed by atoms with van der Waals surface area (Å²) in [6, 6.07) is 4.46. The van der Waals surface area contributed by atoms with Crippen molar-refractivity contribution in [2.24, 2.45) is 5.92 Å². The van der Waals surface area contributed by atoms with Crippen molar-refractivity contribution in [1.29, 1.82) is 0 Å². The number of fused-ring (bicyclic) bond motifs is 1. The number of hydrogen-bond acceptors (Lipinski definition) is 3. The van der Waals surface area contributed by atoms with Crippen LogP contribution in [0.15, 0.2) is 12.1 Å². The number of ether oxygens (including phenoxy) is 1. The van der Waals surface area contributed by atoms with Crippen LogP contribution in [0.3, 0.4) is 0 Å². The van der Waals surface area contributed by atoms with Gasteiger partial charge in [0, 0.05) is 24.5 Å². The van der Waals surface area contributed by atoms with Crippen molar-refractivity contribution >= 4 is 6.09 Å². The molecule has 2 aliphatic rings. The van der Waals surface area contributed by atoms with Gasteiger partial charge in [-0.1, -0.05) is 6.07 Å². The summed E-state index contributed by atoms with van der Waals surface area (Å²) in [5, 5.41) is 0. The minimum atomic E-state index is -0.408. The van der Waals surface area contributed by atoms with E-state index in [1.165, 1.54) is 36.2 Å². The second-order valence-electron chi connectivity index (χ2n) is 7.91. The van der Waals surface area contributed by atoms with Gasteiger partial charge >= 0.3 is 6.09 Å². The van der Waals surface area contributed by atoms with E-state index in [4.69, 9.17) is 9.72 Å². The molecule has 4 nitrogen and oxygen atoms in total. The van der Waals surface area contributed by atoms with E-state index in [9.17, 15) is 4.79 Å². The van der Waals surface area contributed by atoms with Gasteiger partial charge in [0.15, 0.2) is 0 Å². The average Bonchev–Trinajstić information content (AvgIpc) is 2.43. The Morgan fingerprint density at radius 2 is 2.00 bits per heavy atom. The Labute approximate surface area is 139 Å². The largest absolute Gasteiger partial charge is 0.444 e. The summed E-state index contributed by atoms with van der Waals surface area (Å²) < 4.78 is 5.39. The minimum absolute atomic E-state index is 0.180. The molecule has 0 saturated carbocycles. The molecule has 1 fully saturated rings. The van der Waals surface area contributed by atoms with Crippen LogP contribution in [-0.4, -0.2) is 34.7 Å². The molecule has 0 unspecified atom stereocenters. The van der Waals surface area contributed by atoms with Gasteiger partial charge in [-0.05, 0) is 76.8 Å². The summed E-state index contributed by atoms with van der Waals surface area (Å²) >= 11 is 0. The monoisotopic (exact) mass is 316 g/mol. The third-order valence-corrected chi connectivity index (χ3v) is 4.65. The van der Waals surface area contributed by atoms with Crippen molar-refractivity contribution in [2.45, 2.75) is 64.9 Å². The van der Waals surface area contributed by atoms with E-state index in [1.54, 1.807) is 4.90 Å². The van der Waals surface area contributed by atoms with Crippen LogP contribution in [0.4, 0.5) is 4.79 Å². The fourth-order valence-corrected chi connectivity index (χ4v) is 3.35. The molecule has 1 aromatic rings. The van der Waals surface area contributed by atoms with E-state index in [0.717, 1.165) is 32.4 Å². The highest BCUT2D eigenvalue weighted by Gasteiger charge is 2.33. The third kappa shape index (κ3) is 4.24. The Balaban J connectivity index is 1.43. The highest BCUT2D eigenvalue weighted by Crippen LogP contribution is 2.24. The molecule has 1 amide bonds. The lowest BCUT2D eigenvalue weighted by atomic mass is 9.92. The van der Waals surface area contributed by atoms with Gasteiger partial charge in [-0.2, -0.15) is 0 Å². The molecular weight excluding hydrogens is 288 g/mol. The zero-order valence-corrected chi connectivity index (χ0v) is 14.6. The summed E-state index contributed by atoms with van der Waals surface area (Å²) in [6.07, 6.45) is 6.84. The Morgan fingerprint density at radius 3 is 2.74 bits per heavy atom. The van der Waals surface area contributed by atoms with E-state index >= 15 is 0 Å². The van der Waals surface area contributed by atoms with Gasteiger partial charge in [0.1, 0.15) is 5.60 Å². The molecule has 0 radical (unpaired) electrons. The first kappa shape index (κ1) is 16.3. The van der Waals surface area contributed by atoms with Crippen LogP contribution < -0.4 is 0 Å². The molecule has 0 bridgehead atoms. The van der Waals surface area contributed by atoms with E-state index in [1.807, 2.05) is 20.8 Å². The normalized spacial score (nSPS) is 18.3. The molecule has 0 spiro atoms. The maximum atomic E-state index is 11.9. The van der Waals surface area contributed by atoms with Crippen molar-refractivity contribution in [3.05, 3.63) is 29.1 Å². The smallest absolute Gasteiger partial charge is 0.410 e. The van der Waals surface area contributed by atoms with Gasteiger partial charge in [-0.25, -0.2) is 4.79 Å². The minimum Gasteiger partial charge on any atom is -0.444 e. The van der Waals surface area contributed by atoms with Gasteiger partial charge in [-0.3, -0.25) is 4.98 Å². The van der Waals surface area contributed by atoms with Crippen LogP contribution in [0.5, 0.6) is 0 Å². The number of nitrogens with zero attached hydrogens (tertiary/aromatic N) is 2. The third-order valence-electron chi connectivity index (χ3n) is 4.65. The van der Waals surface area contributed by atoms with E-state index in [-0.39, 0.29) is 6.09 Å². The van der Waals surface area contributed by atoms with Crippen LogP contribution in [-0.2, 0) is 24.0 Å². The summed E-state index contributed by atoms with van der Waals surface area (Å²) in [5.74, 6) is 0.584. The number of pyridine rings is 1. The summed E-state index contributed by atoms with van der Waals surface area (Å²) in [5.41, 5.74) is 3.56. The molecular formula is C19H28N2O2. The van der Waals surface area contributed by atoms with Crippen molar-refractivity contribution in [2.75, 3.05) is 13.1 Å². The van der Waals surface area contributed by atoms with E-state index in [0.29, 0.717) is 5.92 Å². The Kier molecular flexibility index (Phi) is 4.60. The molecule has 126 valence electrons. The van der Waals surface area contributed by atoms with Crippen LogP contribution >= 0.6 is 0 Å². The number of hydrogen-bond donors (Lipinski definition) is 0. The first-order valence-corrected chi connectivity index (χ1v) is 8.86. The van der Waals surface area contributed by atoms with Crippen molar-refractivity contribution < 1.29 is 9.53 Å². The number of rotatable bonds is 3. The van der Waals surface area contributed by atoms with E-state index < -0.39 is 5.60 Å². The van der Waals surface area contributed by atoms with Crippen LogP contribution in [0, 0.1) is 5.92 Å². The maximum absolute atomic E-state index is 11.9. The summed E-state index contributed by atoms with van der Waals surface area (Å²) in [6.45, 7) is 7.36. The molecule has 1 aliphatic heterocycles. The molecule has 0 atom stereocenters. The van der Waals surface area contributed by atoms with Crippen LogP contribution in [0.1, 0.15) is 57.0 Å². The lowest BCUT2D eigenvalue weighted by molar-refractivity contribution is -0.00205. The van der Waals surface area contributed by atoms with Crippen LogP contribution in [0.2, 0.25) is 0 Å². The zero-order chi connectivity index (χ0) is 16.4. The first-order valence-electron chi connectivity index (χ1n) is 8.86. The molecule has 1 aliphatic carbocycles. The average molecular weight is 316 g/mol. The Bertz CT molecular complexity index is 571. The SMILES string of the molecule is CC(C)(C)OC(=O)N1CC(CCc2ccc3c(n2)CCCC3)C1. The fourth-order valence-electron chi connectivity index (χ4n) is 3.35. The van der Waals surface area contributed by atoms with E-state index in [2.05, 4.69) is 12.1 Å². The van der Waals surface area contributed by atoms with Gasteiger partial charge in [-0.15, -0.1) is 0 Å². The number of likely N-dealkylation sites (tertiary alicyclic amines) is 1. The molecule has 23 heavy (non-hydrogen) atoms. The molecule has 1 saturated heterocycles. The Hall–Kier alpha value is -1.58. The predicted octanol–water partition coefficient (Wildman–Crippen LogP) is 3.76. The number of aryl methyl sites for hydroxylation is 3. The highest BCUT2D eigenvalue weighted by molar-refractivity contribution is 5.69. The highest BCUT2D eigenvalue weighted by atomic mass is 16.6. The van der Waals surface area contributed by atoms with Gasteiger partial charge in [0.25, 0.3) is 0 Å². The summed E-state index contributed by atoms with van der Waals surface area (Å²) in [4.78, 5) is 18.6. The van der Waals surface area contributed by atoms with Crippen molar-refractivity contribution in [3.8, 4) is 0 Å². The quantitative estimate of drug-likeness (QED) is 0.852. The molecule has 3 rings (SSSR count). The second kappa shape index (κ2) is 6.50. The van der Waals surface area contributed by atoms with Crippen molar-refractivity contribution in [3.63, 3.8) is 0 Å².